The summed E-state index contributed by atoms with van der Waals surface area (Å²) in [6.07, 6.45) is 3.55. The normalized spacial score (nSPS) is 21.0. The first-order valence-electron chi connectivity index (χ1n) is 7.74. The van der Waals surface area contributed by atoms with Gasteiger partial charge in [0.25, 0.3) is 5.91 Å². The molecule has 4 nitrogen and oxygen atoms in total. The fourth-order valence-electron chi connectivity index (χ4n) is 2.99. The van der Waals surface area contributed by atoms with Crippen molar-refractivity contribution in [3.8, 4) is 5.75 Å². The van der Waals surface area contributed by atoms with E-state index in [1.807, 2.05) is 6.92 Å². The number of phenolic OH excluding ortho intramolecular Hbond substituents is 1. The second-order valence-electron chi connectivity index (χ2n) is 5.92. The van der Waals surface area contributed by atoms with Crippen molar-refractivity contribution in [3.05, 3.63) is 29.3 Å². The number of hydrogen-bond acceptors (Lipinski definition) is 3. The van der Waals surface area contributed by atoms with Crippen molar-refractivity contribution in [2.75, 3.05) is 6.61 Å². The number of carbonyl (C=O) groups is 1. The van der Waals surface area contributed by atoms with E-state index >= 15 is 0 Å². The van der Waals surface area contributed by atoms with Crippen LogP contribution in [-0.2, 0) is 4.74 Å². The third-order valence-corrected chi connectivity index (χ3v) is 4.51. The highest BCUT2D eigenvalue weighted by Gasteiger charge is 2.35. The van der Waals surface area contributed by atoms with E-state index < -0.39 is 0 Å². The molecule has 1 saturated heterocycles. The zero-order valence-corrected chi connectivity index (χ0v) is 13.1. The van der Waals surface area contributed by atoms with Crippen LogP contribution in [0, 0.1) is 6.92 Å². The van der Waals surface area contributed by atoms with Gasteiger partial charge in [0, 0.05) is 12.6 Å². The summed E-state index contributed by atoms with van der Waals surface area (Å²) in [5.74, 6) is -0.174. The predicted molar refractivity (Wildman–Crippen MR) is 82.6 cm³/mol. The van der Waals surface area contributed by atoms with Crippen LogP contribution < -0.4 is 5.32 Å². The Hall–Kier alpha value is -1.55. The predicted octanol–water partition coefficient (Wildman–Crippen LogP) is 3.17. The van der Waals surface area contributed by atoms with Gasteiger partial charge >= 0.3 is 0 Å². The van der Waals surface area contributed by atoms with Gasteiger partial charge in [-0.3, -0.25) is 4.79 Å². The van der Waals surface area contributed by atoms with Crippen LogP contribution in [0.25, 0.3) is 0 Å². The van der Waals surface area contributed by atoms with Crippen molar-refractivity contribution in [2.45, 2.75) is 58.1 Å². The van der Waals surface area contributed by atoms with Crippen LogP contribution >= 0.6 is 0 Å². The number of benzene rings is 1. The first-order valence-corrected chi connectivity index (χ1v) is 7.74. The molecule has 0 aromatic heterocycles. The first-order chi connectivity index (χ1) is 9.99. The summed E-state index contributed by atoms with van der Waals surface area (Å²) < 4.78 is 5.92. The molecular weight excluding hydrogens is 266 g/mol. The number of ether oxygens (including phenoxy) is 1. The number of hydrogen-bond donors (Lipinski definition) is 2. The second-order valence-corrected chi connectivity index (χ2v) is 5.92. The van der Waals surface area contributed by atoms with Crippen LogP contribution in [0.15, 0.2) is 18.2 Å². The van der Waals surface area contributed by atoms with Gasteiger partial charge in [-0.05, 0) is 44.7 Å². The lowest BCUT2D eigenvalue weighted by atomic mass is 9.86. The SMILES string of the molecule is CCC1(CC)CC(NC(=O)c2cc(C)ccc2O)CCO1. The Balaban J connectivity index is 2.07. The molecule has 1 aliphatic rings. The molecular formula is C17H25NO3. The second kappa shape index (κ2) is 6.48. The van der Waals surface area contributed by atoms with Crippen molar-refractivity contribution in [1.29, 1.82) is 0 Å². The van der Waals surface area contributed by atoms with Crippen molar-refractivity contribution < 1.29 is 14.6 Å². The zero-order chi connectivity index (χ0) is 15.5. The fraction of sp³-hybridized carbons (Fsp3) is 0.588. The molecule has 4 heteroatoms. The highest BCUT2D eigenvalue weighted by atomic mass is 16.5. The van der Waals surface area contributed by atoms with Crippen LogP contribution in [0.5, 0.6) is 5.75 Å². The van der Waals surface area contributed by atoms with E-state index in [1.165, 1.54) is 0 Å². The van der Waals surface area contributed by atoms with Gasteiger partial charge in [-0.25, -0.2) is 0 Å². The van der Waals surface area contributed by atoms with Gasteiger partial charge in [-0.15, -0.1) is 0 Å². The lowest BCUT2D eigenvalue weighted by Gasteiger charge is -2.40. The van der Waals surface area contributed by atoms with Crippen molar-refractivity contribution in [3.63, 3.8) is 0 Å². The maximum atomic E-state index is 12.4. The van der Waals surface area contributed by atoms with Gasteiger partial charge in [0.05, 0.1) is 11.2 Å². The molecule has 116 valence electrons. The summed E-state index contributed by atoms with van der Waals surface area (Å²) in [5, 5.41) is 12.9. The molecule has 0 aliphatic carbocycles. The van der Waals surface area contributed by atoms with Crippen LogP contribution in [0.3, 0.4) is 0 Å². The summed E-state index contributed by atoms with van der Waals surface area (Å²) in [5.41, 5.74) is 1.19. The number of aryl methyl sites for hydroxylation is 1. The van der Waals surface area contributed by atoms with Crippen molar-refractivity contribution in [1.82, 2.24) is 5.32 Å². The van der Waals surface area contributed by atoms with Gasteiger partial charge < -0.3 is 15.2 Å². The Morgan fingerprint density at radius 3 is 2.81 bits per heavy atom. The first kappa shape index (κ1) is 15.8. The van der Waals surface area contributed by atoms with E-state index in [1.54, 1.807) is 18.2 Å². The summed E-state index contributed by atoms with van der Waals surface area (Å²) in [6, 6.07) is 5.18. The van der Waals surface area contributed by atoms with E-state index in [9.17, 15) is 9.90 Å². The maximum absolute atomic E-state index is 12.4. The molecule has 1 aliphatic heterocycles. The number of amides is 1. The average Bonchev–Trinajstić information content (AvgIpc) is 2.49. The minimum absolute atomic E-state index is 0.0300. The molecule has 1 fully saturated rings. The number of carbonyl (C=O) groups excluding carboxylic acids is 1. The van der Waals surface area contributed by atoms with Gasteiger partial charge in [0.2, 0.25) is 0 Å². The van der Waals surface area contributed by atoms with Crippen LogP contribution in [-0.4, -0.2) is 29.3 Å². The third kappa shape index (κ3) is 3.56. The van der Waals surface area contributed by atoms with Gasteiger partial charge in [0.15, 0.2) is 0 Å². The number of rotatable bonds is 4. The van der Waals surface area contributed by atoms with Gasteiger partial charge in [-0.2, -0.15) is 0 Å². The monoisotopic (exact) mass is 291 g/mol. The lowest BCUT2D eigenvalue weighted by Crippen LogP contribution is -2.48. The molecule has 2 N–H and O–H groups in total. The topological polar surface area (TPSA) is 58.6 Å². The zero-order valence-electron chi connectivity index (χ0n) is 13.1. The molecule has 0 bridgehead atoms. The van der Waals surface area contributed by atoms with Crippen LogP contribution in [0.1, 0.15) is 55.5 Å². The lowest BCUT2D eigenvalue weighted by molar-refractivity contribution is -0.0917. The molecule has 0 spiro atoms. The summed E-state index contributed by atoms with van der Waals surface area (Å²) in [6.45, 7) is 6.83. The Kier molecular flexibility index (Phi) is 4.88. The van der Waals surface area contributed by atoms with Crippen molar-refractivity contribution in [2.24, 2.45) is 0 Å². The Labute approximate surface area is 126 Å². The molecule has 1 atom stereocenters. The quantitative estimate of drug-likeness (QED) is 0.896. The van der Waals surface area contributed by atoms with E-state index in [-0.39, 0.29) is 23.3 Å². The van der Waals surface area contributed by atoms with Gasteiger partial charge in [0.1, 0.15) is 5.75 Å². The summed E-state index contributed by atoms with van der Waals surface area (Å²) in [7, 11) is 0. The van der Waals surface area contributed by atoms with E-state index in [0.29, 0.717) is 12.2 Å². The molecule has 1 aromatic rings. The van der Waals surface area contributed by atoms with Crippen molar-refractivity contribution >= 4 is 5.91 Å². The van der Waals surface area contributed by atoms with E-state index in [2.05, 4.69) is 19.2 Å². The molecule has 1 heterocycles. The highest BCUT2D eigenvalue weighted by Crippen LogP contribution is 2.31. The largest absolute Gasteiger partial charge is 0.507 e. The molecule has 2 rings (SSSR count). The molecule has 0 saturated carbocycles. The Morgan fingerprint density at radius 2 is 2.14 bits per heavy atom. The van der Waals surface area contributed by atoms with E-state index in [0.717, 1.165) is 31.2 Å². The maximum Gasteiger partial charge on any atom is 0.255 e. The smallest absolute Gasteiger partial charge is 0.255 e. The molecule has 21 heavy (non-hydrogen) atoms. The minimum atomic E-state index is -0.204. The van der Waals surface area contributed by atoms with Gasteiger partial charge in [-0.1, -0.05) is 25.5 Å². The molecule has 1 aromatic carbocycles. The molecule has 0 radical (unpaired) electrons. The Morgan fingerprint density at radius 1 is 1.43 bits per heavy atom. The summed E-state index contributed by atoms with van der Waals surface area (Å²) >= 11 is 0. The van der Waals surface area contributed by atoms with Crippen LogP contribution in [0.4, 0.5) is 0 Å². The molecule has 1 unspecified atom stereocenters. The average molecular weight is 291 g/mol. The van der Waals surface area contributed by atoms with E-state index in [4.69, 9.17) is 4.74 Å². The highest BCUT2D eigenvalue weighted by molar-refractivity contribution is 5.97. The molecule has 1 amide bonds. The fourth-order valence-corrected chi connectivity index (χ4v) is 2.99. The standard InChI is InChI=1S/C17H25NO3/c1-4-17(5-2)11-13(8-9-21-17)18-16(20)14-10-12(3)6-7-15(14)19/h6-7,10,13,19H,4-5,8-9,11H2,1-3H3,(H,18,20). The third-order valence-electron chi connectivity index (χ3n) is 4.51. The number of aromatic hydroxyl groups is 1. The Bertz CT molecular complexity index is 509. The minimum Gasteiger partial charge on any atom is -0.507 e. The number of nitrogens with one attached hydrogen (secondary N) is 1. The summed E-state index contributed by atoms with van der Waals surface area (Å²) in [4.78, 5) is 12.4. The number of phenols is 1. The van der Waals surface area contributed by atoms with Crippen LogP contribution in [0.2, 0.25) is 0 Å².